The zero-order chi connectivity index (χ0) is 24.6. The van der Waals surface area contributed by atoms with Crippen molar-refractivity contribution in [1.29, 1.82) is 0 Å². The molecule has 0 radical (unpaired) electrons. The zero-order valence-corrected chi connectivity index (χ0v) is 21.4. The molecule has 0 bridgehead atoms. The third-order valence-corrected chi connectivity index (χ3v) is 8.95. The number of hydrogen-bond donors (Lipinski definition) is 0. The van der Waals surface area contributed by atoms with Crippen molar-refractivity contribution in [3.8, 4) is 22.7 Å². The standard InChI is InChI=1S/C25H23N3O4S3/c1-2-32-21-10-6-7-17(13-21)23-18(15-27(26-23)19-8-4-3-5-9-19)14-22-24(29)28(25(33)34-22)20-11-12-35(30,31)16-20/h3-10,13-15,20H,2,11-12,16H2,1H3. The third-order valence-electron chi connectivity index (χ3n) is 5.87. The highest BCUT2D eigenvalue weighted by Gasteiger charge is 2.42. The summed E-state index contributed by atoms with van der Waals surface area (Å²) >= 11 is 6.67. The predicted molar refractivity (Wildman–Crippen MR) is 142 cm³/mol. The second kappa shape index (κ2) is 9.60. The molecule has 7 nitrogen and oxygen atoms in total. The van der Waals surface area contributed by atoms with E-state index >= 15 is 0 Å². The Hall–Kier alpha value is -2.95. The van der Waals surface area contributed by atoms with E-state index in [0.717, 1.165) is 22.6 Å². The van der Waals surface area contributed by atoms with Crippen molar-refractivity contribution >= 4 is 50.1 Å². The number of hydrogen-bond acceptors (Lipinski definition) is 7. The van der Waals surface area contributed by atoms with E-state index in [-0.39, 0.29) is 17.4 Å². The summed E-state index contributed by atoms with van der Waals surface area (Å²) in [5.74, 6) is 0.508. The van der Waals surface area contributed by atoms with Crippen LogP contribution in [0.4, 0.5) is 0 Å². The van der Waals surface area contributed by atoms with Crippen molar-refractivity contribution in [2.45, 2.75) is 19.4 Å². The largest absolute Gasteiger partial charge is 0.494 e. The molecule has 0 aliphatic carbocycles. The number of thiocarbonyl (C=S) groups is 1. The Labute approximate surface area is 213 Å². The number of aromatic nitrogens is 2. The van der Waals surface area contributed by atoms with Crippen LogP contribution in [0.5, 0.6) is 5.75 Å². The number of para-hydroxylation sites is 1. The van der Waals surface area contributed by atoms with Crippen molar-refractivity contribution in [3.05, 3.63) is 71.3 Å². The predicted octanol–water partition coefficient (Wildman–Crippen LogP) is 4.33. The van der Waals surface area contributed by atoms with Gasteiger partial charge in [-0.1, -0.05) is 54.3 Å². The van der Waals surface area contributed by atoms with Gasteiger partial charge in [-0.25, -0.2) is 13.1 Å². The van der Waals surface area contributed by atoms with Gasteiger partial charge in [0.2, 0.25) is 0 Å². The molecule has 2 fully saturated rings. The van der Waals surface area contributed by atoms with Crippen LogP contribution in [0, 0.1) is 0 Å². The summed E-state index contributed by atoms with van der Waals surface area (Å²) < 4.78 is 31.8. The average Bonchev–Trinajstić information content (AvgIpc) is 3.50. The highest BCUT2D eigenvalue weighted by atomic mass is 32.2. The number of thioether (sulfide) groups is 1. The van der Waals surface area contributed by atoms with E-state index < -0.39 is 15.9 Å². The second-order valence-electron chi connectivity index (χ2n) is 8.28. The molecule has 0 saturated carbocycles. The lowest BCUT2D eigenvalue weighted by Crippen LogP contribution is -2.39. The van der Waals surface area contributed by atoms with Crippen molar-refractivity contribution in [2.75, 3.05) is 18.1 Å². The van der Waals surface area contributed by atoms with Crippen LogP contribution < -0.4 is 4.74 Å². The molecule has 0 N–H and O–H groups in total. The highest BCUT2D eigenvalue weighted by molar-refractivity contribution is 8.26. The molecule has 3 aromatic rings. The van der Waals surface area contributed by atoms with Gasteiger partial charge in [0.05, 0.1) is 34.7 Å². The van der Waals surface area contributed by atoms with Gasteiger partial charge in [-0.05, 0) is 43.7 Å². The second-order valence-corrected chi connectivity index (χ2v) is 12.2. The normalized spacial score (nSPS) is 20.7. The minimum Gasteiger partial charge on any atom is -0.494 e. The number of carbonyl (C=O) groups is 1. The minimum absolute atomic E-state index is 0.0475. The molecule has 2 aromatic carbocycles. The Kier molecular flexibility index (Phi) is 6.52. The first-order chi connectivity index (χ1) is 16.8. The first-order valence-electron chi connectivity index (χ1n) is 11.2. The van der Waals surface area contributed by atoms with Crippen LogP contribution in [0.2, 0.25) is 0 Å². The van der Waals surface area contributed by atoms with Gasteiger partial charge in [-0.3, -0.25) is 9.69 Å². The molecule has 3 heterocycles. The molecule has 180 valence electrons. The van der Waals surface area contributed by atoms with E-state index in [1.165, 1.54) is 16.7 Å². The van der Waals surface area contributed by atoms with Crippen LogP contribution in [-0.2, 0) is 14.6 Å². The van der Waals surface area contributed by atoms with E-state index in [0.29, 0.717) is 27.9 Å². The van der Waals surface area contributed by atoms with Gasteiger partial charge in [-0.15, -0.1) is 0 Å². The summed E-state index contributed by atoms with van der Waals surface area (Å²) in [6.45, 7) is 2.48. The first-order valence-corrected chi connectivity index (χ1v) is 14.2. The molecule has 1 aromatic heterocycles. The lowest BCUT2D eigenvalue weighted by Gasteiger charge is -2.20. The quantitative estimate of drug-likeness (QED) is 0.350. The van der Waals surface area contributed by atoms with Gasteiger partial charge >= 0.3 is 0 Å². The van der Waals surface area contributed by atoms with Crippen molar-refractivity contribution in [2.24, 2.45) is 0 Å². The summed E-state index contributed by atoms with van der Waals surface area (Å²) in [5, 5.41) is 4.82. The summed E-state index contributed by atoms with van der Waals surface area (Å²) in [4.78, 5) is 15.2. The number of rotatable bonds is 6. The average molecular weight is 526 g/mol. The molecule has 1 amide bonds. The van der Waals surface area contributed by atoms with Crippen molar-refractivity contribution in [1.82, 2.24) is 14.7 Å². The van der Waals surface area contributed by atoms with E-state index in [4.69, 9.17) is 22.1 Å². The topological polar surface area (TPSA) is 81.5 Å². The van der Waals surface area contributed by atoms with Gasteiger partial charge < -0.3 is 4.74 Å². The van der Waals surface area contributed by atoms with Crippen LogP contribution in [0.25, 0.3) is 23.0 Å². The monoisotopic (exact) mass is 525 g/mol. The molecule has 2 saturated heterocycles. The maximum Gasteiger partial charge on any atom is 0.266 e. The SMILES string of the molecule is CCOc1cccc(-c2nn(-c3ccccc3)cc2C=C2SC(=S)N(C3CCS(=O)(=O)C3)C2=O)c1. The summed E-state index contributed by atoms with van der Waals surface area (Å²) in [5.41, 5.74) is 3.19. The molecule has 2 aliphatic rings. The summed E-state index contributed by atoms with van der Waals surface area (Å²) in [7, 11) is -3.14. The Bertz CT molecular complexity index is 1430. The maximum absolute atomic E-state index is 13.3. The lowest BCUT2D eigenvalue weighted by atomic mass is 10.1. The number of benzene rings is 2. The molecule has 0 spiro atoms. The third kappa shape index (κ3) is 4.91. The van der Waals surface area contributed by atoms with Gasteiger partial charge in [0, 0.05) is 17.3 Å². The smallest absolute Gasteiger partial charge is 0.266 e. The van der Waals surface area contributed by atoms with E-state index in [1.54, 1.807) is 10.8 Å². The van der Waals surface area contributed by atoms with E-state index in [2.05, 4.69) is 0 Å². The molecular formula is C25H23N3O4S3. The number of ether oxygens (including phenoxy) is 1. The van der Waals surface area contributed by atoms with Crippen molar-refractivity contribution < 1.29 is 17.9 Å². The number of amides is 1. The molecule has 10 heteroatoms. The zero-order valence-electron chi connectivity index (χ0n) is 19.0. The molecular weight excluding hydrogens is 502 g/mol. The number of nitrogens with zero attached hydrogens (tertiary/aromatic N) is 3. The van der Waals surface area contributed by atoms with Gasteiger partial charge in [0.1, 0.15) is 15.8 Å². The Morgan fingerprint density at radius 2 is 2.00 bits per heavy atom. The summed E-state index contributed by atoms with van der Waals surface area (Å²) in [6, 6.07) is 17.0. The molecule has 5 rings (SSSR count). The van der Waals surface area contributed by atoms with Crippen LogP contribution in [0.3, 0.4) is 0 Å². The van der Waals surface area contributed by atoms with Gasteiger partial charge in [0.15, 0.2) is 9.84 Å². The fraction of sp³-hybridized carbons (Fsp3) is 0.240. The highest BCUT2D eigenvalue weighted by Crippen LogP contribution is 2.38. The van der Waals surface area contributed by atoms with Crippen LogP contribution in [0.15, 0.2) is 65.7 Å². The maximum atomic E-state index is 13.3. The van der Waals surface area contributed by atoms with Crippen molar-refractivity contribution in [3.63, 3.8) is 0 Å². The number of carbonyl (C=O) groups excluding carboxylic acids is 1. The summed E-state index contributed by atoms with van der Waals surface area (Å²) in [6.07, 6.45) is 4.08. The Balaban J connectivity index is 1.55. The van der Waals surface area contributed by atoms with Crippen LogP contribution in [0.1, 0.15) is 18.9 Å². The Morgan fingerprint density at radius 3 is 2.71 bits per heavy atom. The lowest BCUT2D eigenvalue weighted by molar-refractivity contribution is -0.123. The molecule has 1 unspecified atom stereocenters. The van der Waals surface area contributed by atoms with E-state index in [9.17, 15) is 13.2 Å². The fourth-order valence-corrected chi connectivity index (χ4v) is 7.34. The number of sulfone groups is 1. The fourth-order valence-electron chi connectivity index (χ4n) is 4.24. The molecule has 1 atom stereocenters. The molecule has 2 aliphatic heterocycles. The van der Waals surface area contributed by atoms with E-state index in [1.807, 2.05) is 67.7 Å². The van der Waals surface area contributed by atoms with Gasteiger partial charge in [0.25, 0.3) is 5.91 Å². The van der Waals surface area contributed by atoms with Gasteiger partial charge in [-0.2, -0.15) is 5.10 Å². The van der Waals surface area contributed by atoms with Crippen LogP contribution >= 0.6 is 24.0 Å². The minimum atomic E-state index is -3.14. The first kappa shape index (κ1) is 23.8. The van der Waals surface area contributed by atoms with Crippen LogP contribution in [-0.4, -0.2) is 57.5 Å². The molecule has 35 heavy (non-hydrogen) atoms. The Morgan fingerprint density at radius 1 is 1.20 bits per heavy atom.